The number of nitrogens with zero attached hydrogens (tertiary/aromatic N) is 1. The molecule has 0 unspecified atom stereocenters. The van der Waals surface area contributed by atoms with Gasteiger partial charge in [0.05, 0.1) is 12.1 Å². The van der Waals surface area contributed by atoms with Gasteiger partial charge in [-0.15, -0.1) is 0 Å². The number of anilines is 2. The number of carbonyl (C=O) groups excluding carboxylic acids is 2. The number of hydrogen-bond donors (Lipinski definition) is 2. The number of carbonyl (C=O) groups is 2. The number of nitrogens with one attached hydrogen (secondary N) is 2. The highest BCUT2D eigenvalue weighted by Gasteiger charge is 2.20. The highest BCUT2D eigenvalue weighted by molar-refractivity contribution is 5.93. The Balaban J connectivity index is 1.47. The summed E-state index contributed by atoms with van der Waals surface area (Å²) < 4.78 is 5.31. The van der Waals surface area contributed by atoms with Crippen LogP contribution in [0.25, 0.3) is 0 Å². The monoisotopic (exact) mass is 405 g/mol. The number of aromatic nitrogens is 1. The second-order valence-corrected chi connectivity index (χ2v) is 8.27. The van der Waals surface area contributed by atoms with E-state index < -0.39 is 0 Å². The number of benzene rings is 2. The van der Waals surface area contributed by atoms with Crippen LogP contribution in [-0.2, 0) is 27.8 Å². The first-order chi connectivity index (χ1) is 14.3. The lowest BCUT2D eigenvalue weighted by molar-refractivity contribution is -0.116. The molecule has 0 saturated heterocycles. The van der Waals surface area contributed by atoms with Gasteiger partial charge in [0.15, 0.2) is 0 Å². The highest BCUT2D eigenvalue weighted by atomic mass is 16.5. The minimum Gasteiger partial charge on any atom is -0.361 e. The molecule has 0 bridgehead atoms. The van der Waals surface area contributed by atoms with E-state index in [4.69, 9.17) is 4.52 Å². The predicted molar refractivity (Wildman–Crippen MR) is 117 cm³/mol. The molecule has 0 fully saturated rings. The fraction of sp³-hybridized carbons (Fsp3) is 0.292. The van der Waals surface area contributed by atoms with Gasteiger partial charge in [0.25, 0.3) is 0 Å². The Kier molecular flexibility index (Phi) is 6.67. The van der Waals surface area contributed by atoms with Crippen LogP contribution in [0.15, 0.2) is 65.2 Å². The third-order valence-corrected chi connectivity index (χ3v) is 4.58. The molecule has 3 aromatic rings. The summed E-state index contributed by atoms with van der Waals surface area (Å²) in [5.41, 5.74) is 2.93. The quantitative estimate of drug-likeness (QED) is 0.595. The molecule has 0 spiro atoms. The minimum absolute atomic E-state index is 0.0451. The Bertz CT molecular complexity index is 987. The first-order valence-electron chi connectivity index (χ1n) is 9.99. The molecule has 0 radical (unpaired) electrons. The summed E-state index contributed by atoms with van der Waals surface area (Å²) in [7, 11) is 0. The zero-order chi connectivity index (χ0) is 21.6. The summed E-state index contributed by atoms with van der Waals surface area (Å²) in [6, 6.07) is 18.8. The molecular weight excluding hydrogens is 378 g/mol. The van der Waals surface area contributed by atoms with Gasteiger partial charge in [-0.3, -0.25) is 9.59 Å². The molecule has 0 atom stereocenters. The van der Waals surface area contributed by atoms with Crippen molar-refractivity contribution in [1.82, 2.24) is 5.16 Å². The van der Waals surface area contributed by atoms with Crippen molar-refractivity contribution in [2.45, 2.75) is 45.4 Å². The summed E-state index contributed by atoms with van der Waals surface area (Å²) in [4.78, 5) is 24.4. The SMILES string of the molecule is CC(C)(C)c1cc(CC(=O)Nc2ccc(NC(=O)CCc3ccccc3)cc2)no1. The summed E-state index contributed by atoms with van der Waals surface area (Å²) in [5, 5.41) is 9.67. The van der Waals surface area contributed by atoms with Crippen molar-refractivity contribution in [3.8, 4) is 0 Å². The molecule has 2 N–H and O–H groups in total. The smallest absolute Gasteiger partial charge is 0.230 e. The molecule has 0 saturated carbocycles. The summed E-state index contributed by atoms with van der Waals surface area (Å²) in [6.45, 7) is 6.08. The maximum Gasteiger partial charge on any atom is 0.230 e. The van der Waals surface area contributed by atoms with Crippen LogP contribution in [0, 0.1) is 0 Å². The zero-order valence-corrected chi connectivity index (χ0v) is 17.6. The van der Waals surface area contributed by atoms with Gasteiger partial charge in [0.2, 0.25) is 11.8 Å². The highest BCUT2D eigenvalue weighted by Crippen LogP contribution is 2.23. The average Bonchev–Trinajstić information content (AvgIpc) is 3.17. The van der Waals surface area contributed by atoms with Gasteiger partial charge in [-0.2, -0.15) is 0 Å². The van der Waals surface area contributed by atoms with Crippen molar-refractivity contribution >= 4 is 23.2 Å². The number of amides is 2. The van der Waals surface area contributed by atoms with Gasteiger partial charge >= 0.3 is 0 Å². The Morgan fingerprint density at radius 3 is 2.07 bits per heavy atom. The van der Waals surface area contributed by atoms with Gasteiger partial charge in [-0.25, -0.2) is 0 Å². The van der Waals surface area contributed by atoms with Crippen LogP contribution < -0.4 is 10.6 Å². The molecule has 2 amide bonds. The van der Waals surface area contributed by atoms with E-state index >= 15 is 0 Å². The number of rotatable bonds is 7. The topological polar surface area (TPSA) is 84.2 Å². The van der Waals surface area contributed by atoms with E-state index in [2.05, 4.69) is 15.8 Å². The zero-order valence-electron chi connectivity index (χ0n) is 17.6. The van der Waals surface area contributed by atoms with Crippen LogP contribution in [0.1, 0.15) is 44.2 Å². The molecule has 1 heterocycles. The lowest BCUT2D eigenvalue weighted by Gasteiger charge is -2.12. The molecule has 2 aromatic carbocycles. The third kappa shape index (κ3) is 6.30. The third-order valence-electron chi connectivity index (χ3n) is 4.58. The van der Waals surface area contributed by atoms with Crippen molar-refractivity contribution in [2.75, 3.05) is 10.6 Å². The molecule has 0 aliphatic carbocycles. The van der Waals surface area contributed by atoms with Crippen LogP contribution in [0.5, 0.6) is 0 Å². The van der Waals surface area contributed by atoms with Gasteiger partial charge in [0, 0.05) is 29.3 Å². The van der Waals surface area contributed by atoms with Gasteiger partial charge in [0.1, 0.15) is 5.76 Å². The van der Waals surface area contributed by atoms with Crippen LogP contribution in [0.3, 0.4) is 0 Å². The van der Waals surface area contributed by atoms with E-state index in [1.54, 1.807) is 24.3 Å². The molecule has 156 valence electrons. The van der Waals surface area contributed by atoms with Gasteiger partial charge < -0.3 is 15.2 Å². The van der Waals surface area contributed by atoms with Crippen molar-refractivity contribution in [2.24, 2.45) is 0 Å². The van der Waals surface area contributed by atoms with Gasteiger partial charge in [-0.05, 0) is 36.2 Å². The Labute approximate surface area is 176 Å². The van der Waals surface area contributed by atoms with Gasteiger partial charge in [-0.1, -0.05) is 56.3 Å². The molecule has 30 heavy (non-hydrogen) atoms. The van der Waals surface area contributed by atoms with E-state index in [-0.39, 0.29) is 23.7 Å². The summed E-state index contributed by atoms with van der Waals surface area (Å²) in [5.74, 6) is 0.525. The summed E-state index contributed by atoms with van der Waals surface area (Å²) in [6.07, 6.45) is 1.24. The van der Waals surface area contributed by atoms with Crippen LogP contribution in [0.4, 0.5) is 11.4 Å². The van der Waals surface area contributed by atoms with Crippen molar-refractivity contribution in [3.63, 3.8) is 0 Å². The van der Waals surface area contributed by atoms with Crippen LogP contribution in [0.2, 0.25) is 0 Å². The number of aryl methyl sites for hydroxylation is 1. The largest absolute Gasteiger partial charge is 0.361 e. The molecule has 6 nitrogen and oxygen atoms in total. The van der Waals surface area contributed by atoms with E-state index in [0.717, 1.165) is 11.3 Å². The second kappa shape index (κ2) is 9.39. The maximum atomic E-state index is 12.3. The molecule has 0 aliphatic heterocycles. The first-order valence-corrected chi connectivity index (χ1v) is 9.99. The lowest BCUT2D eigenvalue weighted by Crippen LogP contribution is -2.15. The van der Waals surface area contributed by atoms with Crippen molar-refractivity contribution in [3.05, 3.63) is 77.7 Å². The van der Waals surface area contributed by atoms with Crippen LogP contribution >= 0.6 is 0 Å². The second-order valence-electron chi connectivity index (χ2n) is 8.27. The Morgan fingerprint density at radius 2 is 1.50 bits per heavy atom. The van der Waals surface area contributed by atoms with Crippen molar-refractivity contribution in [1.29, 1.82) is 0 Å². The van der Waals surface area contributed by atoms with E-state index in [1.165, 1.54) is 0 Å². The normalized spacial score (nSPS) is 11.2. The van der Waals surface area contributed by atoms with E-state index in [0.29, 0.717) is 29.9 Å². The first kappa shape index (κ1) is 21.3. The molecule has 3 rings (SSSR count). The standard InChI is InChI=1S/C24H27N3O3/c1-24(2,3)21-15-20(27-30-21)16-23(29)26-19-12-10-18(11-13-19)25-22(28)14-9-17-7-5-4-6-8-17/h4-8,10-13,15H,9,14,16H2,1-3H3,(H,25,28)(H,26,29). The Morgan fingerprint density at radius 1 is 0.900 bits per heavy atom. The minimum atomic E-state index is -0.177. The van der Waals surface area contributed by atoms with Crippen LogP contribution in [-0.4, -0.2) is 17.0 Å². The molecule has 1 aromatic heterocycles. The van der Waals surface area contributed by atoms with E-state index in [1.807, 2.05) is 57.2 Å². The molecule has 0 aliphatic rings. The fourth-order valence-corrected chi connectivity index (χ4v) is 2.88. The van der Waals surface area contributed by atoms with Crippen molar-refractivity contribution < 1.29 is 14.1 Å². The number of hydrogen-bond acceptors (Lipinski definition) is 4. The van der Waals surface area contributed by atoms with E-state index in [9.17, 15) is 9.59 Å². The molecule has 6 heteroatoms. The lowest BCUT2D eigenvalue weighted by atomic mass is 9.93. The fourth-order valence-electron chi connectivity index (χ4n) is 2.88. The maximum absolute atomic E-state index is 12.3. The predicted octanol–water partition coefficient (Wildman–Crippen LogP) is 4.72. The summed E-state index contributed by atoms with van der Waals surface area (Å²) >= 11 is 0. The Hall–Kier alpha value is -3.41. The molecular formula is C24H27N3O3. The average molecular weight is 405 g/mol.